The molecule has 0 saturated heterocycles. The summed E-state index contributed by atoms with van der Waals surface area (Å²) < 4.78 is 5.79. The molecule has 3 rings (SSSR count). The molecular formula is C16H15NO. The molecule has 0 aliphatic rings. The number of rotatable bonds is 3. The Morgan fingerprint density at radius 1 is 1.00 bits per heavy atom. The van der Waals surface area contributed by atoms with Crippen LogP contribution in [0.1, 0.15) is 11.1 Å². The molecule has 2 aromatic carbocycles. The van der Waals surface area contributed by atoms with Gasteiger partial charge in [-0.05, 0) is 25.1 Å². The van der Waals surface area contributed by atoms with Crippen LogP contribution >= 0.6 is 0 Å². The number of para-hydroxylation sites is 1. The second kappa shape index (κ2) is 4.57. The minimum absolute atomic E-state index is 0.590. The van der Waals surface area contributed by atoms with Gasteiger partial charge in [0.1, 0.15) is 12.4 Å². The number of fused-ring (bicyclic) bond motifs is 1. The smallest absolute Gasteiger partial charge is 0.119 e. The van der Waals surface area contributed by atoms with Gasteiger partial charge in [0.15, 0.2) is 0 Å². The highest BCUT2D eigenvalue weighted by Gasteiger charge is 2.03. The lowest BCUT2D eigenvalue weighted by Gasteiger charge is -2.05. The van der Waals surface area contributed by atoms with Crippen LogP contribution in [0.15, 0.2) is 54.7 Å². The fraction of sp³-hybridized carbons (Fsp3) is 0.125. The zero-order valence-corrected chi connectivity index (χ0v) is 10.3. The summed E-state index contributed by atoms with van der Waals surface area (Å²) in [5, 5.41) is 1.23. The summed E-state index contributed by atoms with van der Waals surface area (Å²) in [5.41, 5.74) is 3.58. The molecule has 0 fully saturated rings. The lowest BCUT2D eigenvalue weighted by atomic mass is 10.2. The molecule has 0 bridgehead atoms. The summed E-state index contributed by atoms with van der Waals surface area (Å²) in [5.74, 6) is 0.908. The Balaban J connectivity index is 1.79. The molecule has 1 aromatic heterocycles. The van der Waals surface area contributed by atoms with Gasteiger partial charge in [-0.1, -0.05) is 35.9 Å². The molecule has 0 saturated carbocycles. The van der Waals surface area contributed by atoms with Crippen LogP contribution in [0.3, 0.4) is 0 Å². The summed E-state index contributed by atoms with van der Waals surface area (Å²) in [6.45, 7) is 2.66. The van der Waals surface area contributed by atoms with Crippen molar-refractivity contribution in [2.45, 2.75) is 13.5 Å². The van der Waals surface area contributed by atoms with Gasteiger partial charge in [0, 0.05) is 22.7 Å². The summed E-state index contributed by atoms with van der Waals surface area (Å²) >= 11 is 0. The number of H-pyrrole nitrogens is 1. The first-order chi connectivity index (χ1) is 8.83. The first-order valence-corrected chi connectivity index (χ1v) is 6.07. The third-order valence-corrected chi connectivity index (χ3v) is 3.09. The Morgan fingerprint density at radius 3 is 2.61 bits per heavy atom. The predicted octanol–water partition coefficient (Wildman–Crippen LogP) is 4.06. The van der Waals surface area contributed by atoms with E-state index in [9.17, 15) is 0 Å². The van der Waals surface area contributed by atoms with Crippen LogP contribution in [0.25, 0.3) is 10.9 Å². The fourth-order valence-electron chi connectivity index (χ4n) is 2.05. The van der Waals surface area contributed by atoms with Crippen molar-refractivity contribution in [2.75, 3.05) is 0 Å². The van der Waals surface area contributed by atoms with Crippen LogP contribution in [-0.4, -0.2) is 4.98 Å². The number of aromatic amines is 1. The minimum atomic E-state index is 0.590. The number of nitrogens with one attached hydrogen (secondary N) is 1. The Kier molecular flexibility index (Phi) is 2.77. The van der Waals surface area contributed by atoms with Crippen molar-refractivity contribution in [2.24, 2.45) is 0 Å². The molecule has 2 nitrogen and oxygen atoms in total. The second-order valence-corrected chi connectivity index (χ2v) is 4.46. The number of aromatic nitrogens is 1. The normalized spacial score (nSPS) is 10.7. The quantitative estimate of drug-likeness (QED) is 0.730. The van der Waals surface area contributed by atoms with Gasteiger partial charge in [0.2, 0.25) is 0 Å². The maximum Gasteiger partial charge on any atom is 0.119 e. The van der Waals surface area contributed by atoms with Crippen molar-refractivity contribution in [1.82, 2.24) is 4.98 Å². The molecule has 0 amide bonds. The van der Waals surface area contributed by atoms with Gasteiger partial charge < -0.3 is 9.72 Å². The first-order valence-electron chi connectivity index (χ1n) is 6.07. The van der Waals surface area contributed by atoms with Crippen LogP contribution in [-0.2, 0) is 6.61 Å². The van der Waals surface area contributed by atoms with E-state index in [1.807, 2.05) is 30.5 Å². The predicted molar refractivity (Wildman–Crippen MR) is 73.8 cm³/mol. The Labute approximate surface area is 106 Å². The van der Waals surface area contributed by atoms with Crippen LogP contribution < -0.4 is 4.74 Å². The second-order valence-electron chi connectivity index (χ2n) is 4.46. The van der Waals surface area contributed by atoms with Gasteiger partial charge >= 0.3 is 0 Å². The highest BCUT2D eigenvalue weighted by molar-refractivity contribution is 5.82. The first kappa shape index (κ1) is 10.9. The third kappa shape index (κ3) is 2.09. The summed E-state index contributed by atoms with van der Waals surface area (Å²) in [7, 11) is 0. The topological polar surface area (TPSA) is 25.0 Å². The molecule has 0 aliphatic heterocycles. The monoisotopic (exact) mass is 237 g/mol. The molecule has 1 heterocycles. The van der Waals surface area contributed by atoms with Crippen LogP contribution in [0.4, 0.5) is 0 Å². The Bertz CT molecular complexity index is 652. The van der Waals surface area contributed by atoms with Gasteiger partial charge in [0.05, 0.1) is 0 Å². The molecule has 0 unspecified atom stereocenters. The highest BCUT2D eigenvalue weighted by Crippen LogP contribution is 2.20. The van der Waals surface area contributed by atoms with Gasteiger partial charge in [-0.2, -0.15) is 0 Å². The maximum absolute atomic E-state index is 5.79. The highest BCUT2D eigenvalue weighted by atomic mass is 16.5. The number of hydrogen-bond donors (Lipinski definition) is 1. The van der Waals surface area contributed by atoms with Crippen LogP contribution in [0.2, 0.25) is 0 Å². The van der Waals surface area contributed by atoms with E-state index in [2.05, 4.69) is 36.2 Å². The largest absolute Gasteiger partial charge is 0.489 e. The van der Waals surface area contributed by atoms with E-state index in [-0.39, 0.29) is 0 Å². The molecule has 1 N–H and O–H groups in total. The molecule has 0 atom stereocenters. The van der Waals surface area contributed by atoms with E-state index >= 15 is 0 Å². The van der Waals surface area contributed by atoms with Gasteiger partial charge in [-0.3, -0.25) is 0 Å². The van der Waals surface area contributed by atoms with Crippen molar-refractivity contribution in [3.05, 3.63) is 65.9 Å². The lowest BCUT2D eigenvalue weighted by Crippen LogP contribution is -1.94. The molecule has 2 heteroatoms. The van der Waals surface area contributed by atoms with E-state index in [0.29, 0.717) is 6.61 Å². The van der Waals surface area contributed by atoms with Gasteiger partial charge in [-0.15, -0.1) is 0 Å². The summed E-state index contributed by atoms with van der Waals surface area (Å²) in [4.78, 5) is 3.25. The number of ether oxygens (including phenoxy) is 1. The fourth-order valence-corrected chi connectivity index (χ4v) is 2.05. The van der Waals surface area contributed by atoms with Crippen molar-refractivity contribution >= 4 is 10.9 Å². The molecule has 90 valence electrons. The molecule has 0 radical (unpaired) electrons. The average Bonchev–Trinajstić information content (AvgIpc) is 2.82. The number of benzene rings is 2. The van der Waals surface area contributed by atoms with Crippen LogP contribution in [0.5, 0.6) is 5.75 Å². The zero-order valence-electron chi connectivity index (χ0n) is 10.3. The van der Waals surface area contributed by atoms with Crippen molar-refractivity contribution in [1.29, 1.82) is 0 Å². The molecule has 3 aromatic rings. The van der Waals surface area contributed by atoms with Gasteiger partial charge in [-0.25, -0.2) is 0 Å². The van der Waals surface area contributed by atoms with Crippen molar-refractivity contribution in [3.63, 3.8) is 0 Å². The molecule has 18 heavy (non-hydrogen) atoms. The lowest BCUT2D eigenvalue weighted by molar-refractivity contribution is 0.307. The van der Waals surface area contributed by atoms with E-state index < -0.39 is 0 Å². The van der Waals surface area contributed by atoms with E-state index in [1.165, 1.54) is 16.5 Å². The van der Waals surface area contributed by atoms with Gasteiger partial charge in [0.25, 0.3) is 0 Å². The standard InChI is InChI=1S/C16H15NO/c1-12-6-8-14(9-7-12)18-11-13-10-17-16-5-3-2-4-15(13)16/h2-10,17H,11H2,1H3. The van der Waals surface area contributed by atoms with E-state index in [1.54, 1.807) is 0 Å². The molecule has 0 spiro atoms. The van der Waals surface area contributed by atoms with Crippen LogP contribution in [0, 0.1) is 6.92 Å². The molecule has 0 aliphatic carbocycles. The van der Waals surface area contributed by atoms with Crippen molar-refractivity contribution in [3.8, 4) is 5.75 Å². The number of hydrogen-bond acceptors (Lipinski definition) is 1. The molecular weight excluding hydrogens is 222 g/mol. The third-order valence-electron chi connectivity index (χ3n) is 3.09. The minimum Gasteiger partial charge on any atom is -0.489 e. The summed E-state index contributed by atoms with van der Waals surface area (Å²) in [6.07, 6.45) is 2.01. The average molecular weight is 237 g/mol. The van der Waals surface area contributed by atoms with Crippen molar-refractivity contribution < 1.29 is 4.74 Å². The maximum atomic E-state index is 5.79. The Hall–Kier alpha value is -2.22. The van der Waals surface area contributed by atoms with E-state index in [4.69, 9.17) is 4.74 Å². The SMILES string of the molecule is Cc1ccc(OCc2c[nH]c3ccccc23)cc1. The Morgan fingerprint density at radius 2 is 1.78 bits per heavy atom. The zero-order chi connectivity index (χ0) is 12.4. The summed E-state index contributed by atoms with van der Waals surface area (Å²) in [6, 6.07) is 16.4. The van der Waals surface area contributed by atoms with E-state index in [0.717, 1.165) is 11.3 Å². The number of aryl methyl sites for hydroxylation is 1.